The first kappa shape index (κ1) is 20.3. The van der Waals surface area contributed by atoms with Crippen LogP contribution in [0.1, 0.15) is 30.0 Å². The molecule has 0 aliphatic heterocycles. The largest absolute Gasteiger partial charge is 0.326 e. The lowest BCUT2D eigenvalue weighted by Crippen LogP contribution is -2.23. The Bertz CT molecular complexity index is 1060. The molecule has 0 aliphatic carbocycles. The molecule has 0 spiro atoms. The number of hydrazone groups is 1. The van der Waals surface area contributed by atoms with Gasteiger partial charge in [0, 0.05) is 11.4 Å². The first-order valence-electron chi connectivity index (χ1n) is 9.57. The van der Waals surface area contributed by atoms with Crippen LogP contribution in [0.4, 0.5) is 5.69 Å². The maximum absolute atomic E-state index is 12.3. The Labute approximate surface area is 170 Å². The molecule has 0 saturated heterocycles. The van der Waals surface area contributed by atoms with E-state index in [1.165, 1.54) is 0 Å². The van der Waals surface area contributed by atoms with Crippen molar-refractivity contribution in [2.24, 2.45) is 5.10 Å². The summed E-state index contributed by atoms with van der Waals surface area (Å²) >= 11 is 0. The molecule has 0 unspecified atom stereocenters. The zero-order valence-electron chi connectivity index (χ0n) is 17.0. The van der Waals surface area contributed by atoms with Gasteiger partial charge in [-0.3, -0.25) is 9.59 Å². The number of aryl methyl sites for hydroxylation is 2. The summed E-state index contributed by atoms with van der Waals surface area (Å²) in [7, 11) is 0. The van der Waals surface area contributed by atoms with Crippen LogP contribution in [0.15, 0.2) is 65.8 Å². The van der Waals surface area contributed by atoms with E-state index in [0.717, 1.165) is 33.2 Å². The van der Waals surface area contributed by atoms with Crippen molar-refractivity contribution >= 4 is 34.0 Å². The fourth-order valence-corrected chi connectivity index (χ4v) is 3.34. The first-order chi connectivity index (χ1) is 13.9. The summed E-state index contributed by atoms with van der Waals surface area (Å²) in [6.45, 7) is 5.70. The maximum Gasteiger partial charge on any atom is 0.244 e. The first-order valence-corrected chi connectivity index (χ1v) is 9.57. The summed E-state index contributed by atoms with van der Waals surface area (Å²) in [5.74, 6) is -0.380. The van der Waals surface area contributed by atoms with E-state index in [1.807, 2.05) is 74.5 Å². The van der Waals surface area contributed by atoms with Gasteiger partial charge >= 0.3 is 0 Å². The van der Waals surface area contributed by atoms with E-state index < -0.39 is 0 Å². The second kappa shape index (κ2) is 9.15. The van der Waals surface area contributed by atoms with Gasteiger partial charge in [-0.05, 0) is 60.4 Å². The van der Waals surface area contributed by atoms with E-state index in [4.69, 9.17) is 0 Å². The Morgan fingerprint density at radius 1 is 0.897 bits per heavy atom. The van der Waals surface area contributed by atoms with Gasteiger partial charge in [0.2, 0.25) is 11.8 Å². The second-order valence-corrected chi connectivity index (χ2v) is 7.30. The van der Waals surface area contributed by atoms with Gasteiger partial charge in [0.15, 0.2) is 0 Å². The standard InChI is InChI=1S/C24H25N3O2/c1-16-11-17(2)13-21(12-16)25-23(28)14-18(3)26-27-24(29)15-20-9-6-8-19-7-4-5-10-22(19)20/h4-13H,14-15H2,1-3H3,(H,25,28)(H,27,29). The zero-order chi connectivity index (χ0) is 20.8. The monoisotopic (exact) mass is 387 g/mol. The van der Waals surface area contributed by atoms with Crippen LogP contribution in [0.3, 0.4) is 0 Å². The summed E-state index contributed by atoms with van der Waals surface area (Å²) in [6.07, 6.45) is 0.342. The van der Waals surface area contributed by atoms with Crippen molar-refractivity contribution in [3.05, 3.63) is 77.4 Å². The Morgan fingerprint density at radius 3 is 2.34 bits per heavy atom. The van der Waals surface area contributed by atoms with Crippen molar-refractivity contribution in [2.45, 2.75) is 33.6 Å². The number of carbonyl (C=O) groups excluding carboxylic acids is 2. The van der Waals surface area contributed by atoms with Gasteiger partial charge in [0.05, 0.1) is 12.8 Å². The fraction of sp³-hybridized carbons (Fsp3) is 0.208. The van der Waals surface area contributed by atoms with E-state index in [2.05, 4.69) is 15.8 Å². The van der Waals surface area contributed by atoms with Gasteiger partial charge in [-0.25, -0.2) is 5.43 Å². The van der Waals surface area contributed by atoms with E-state index in [-0.39, 0.29) is 24.7 Å². The number of nitrogens with one attached hydrogen (secondary N) is 2. The Kier molecular flexibility index (Phi) is 6.39. The predicted molar refractivity (Wildman–Crippen MR) is 118 cm³/mol. The molecule has 0 radical (unpaired) electrons. The summed E-state index contributed by atoms with van der Waals surface area (Å²) in [5.41, 5.74) is 6.98. The molecule has 0 heterocycles. The fourth-order valence-electron chi connectivity index (χ4n) is 3.34. The minimum absolute atomic E-state index is 0.113. The van der Waals surface area contributed by atoms with Crippen LogP contribution in [0.5, 0.6) is 0 Å². The van der Waals surface area contributed by atoms with Gasteiger partial charge in [-0.15, -0.1) is 0 Å². The van der Waals surface area contributed by atoms with Crippen molar-refractivity contribution in [2.75, 3.05) is 5.32 Å². The molecule has 0 fully saturated rings. The smallest absolute Gasteiger partial charge is 0.244 e. The Morgan fingerprint density at radius 2 is 1.59 bits per heavy atom. The van der Waals surface area contributed by atoms with Crippen molar-refractivity contribution in [1.82, 2.24) is 5.43 Å². The average Bonchev–Trinajstić information content (AvgIpc) is 2.66. The van der Waals surface area contributed by atoms with E-state index in [1.54, 1.807) is 6.92 Å². The van der Waals surface area contributed by atoms with E-state index in [9.17, 15) is 9.59 Å². The molecule has 2 amide bonds. The number of hydrogen-bond donors (Lipinski definition) is 2. The molecule has 3 aromatic rings. The molecule has 2 N–H and O–H groups in total. The molecule has 29 heavy (non-hydrogen) atoms. The minimum atomic E-state index is -0.213. The summed E-state index contributed by atoms with van der Waals surface area (Å²) in [5, 5.41) is 9.09. The number of fused-ring (bicyclic) bond motifs is 1. The molecule has 3 aromatic carbocycles. The lowest BCUT2D eigenvalue weighted by Gasteiger charge is -2.08. The molecular weight excluding hydrogens is 362 g/mol. The van der Waals surface area contributed by atoms with Gasteiger partial charge in [-0.1, -0.05) is 48.5 Å². The molecule has 0 saturated carbocycles. The van der Waals surface area contributed by atoms with Gasteiger partial charge in [0.25, 0.3) is 0 Å². The molecule has 0 atom stereocenters. The highest BCUT2D eigenvalue weighted by Gasteiger charge is 2.08. The number of amides is 2. The van der Waals surface area contributed by atoms with Crippen molar-refractivity contribution in [3.8, 4) is 0 Å². The Hall–Kier alpha value is -3.47. The van der Waals surface area contributed by atoms with E-state index >= 15 is 0 Å². The summed E-state index contributed by atoms with van der Waals surface area (Å²) in [4.78, 5) is 24.5. The molecule has 148 valence electrons. The number of rotatable bonds is 6. The van der Waals surface area contributed by atoms with Crippen LogP contribution >= 0.6 is 0 Å². The van der Waals surface area contributed by atoms with Crippen LogP contribution in [-0.2, 0) is 16.0 Å². The van der Waals surface area contributed by atoms with Crippen molar-refractivity contribution in [3.63, 3.8) is 0 Å². The molecule has 0 aliphatic rings. The van der Waals surface area contributed by atoms with Crippen LogP contribution in [0.2, 0.25) is 0 Å². The molecule has 5 heteroatoms. The number of benzene rings is 3. The predicted octanol–water partition coefficient (Wildman–Crippen LogP) is 4.52. The topological polar surface area (TPSA) is 70.6 Å². The Balaban J connectivity index is 1.56. The number of hydrogen-bond acceptors (Lipinski definition) is 3. The van der Waals surface area contributed by atoms with Gasteiger partial charge in [-0.2, -0.15) is 5.10 Å². The highest BCUT2D eigenvalue weighted by atomic mass is 16.2. The van der Waals surface area contributed by atoms with E-state index in [0.29, 0.717) is 5.71 Å². The zero-order valence-corrected chi connectivity index (χ0v) is 17.0. The molecule has 3 rings (SSSR count). The molecule has 0 aromatic heterocycles. The average molecular weight is 387 g/mol. The SMILES string of the molecule is CC(CC(=O)Nc1cc(C)cc(C)c1)=NNC(=O)Cc1cccc2ccccc12. The third kappa shape index (κ3) is 5.75. The highest BCUT2D eigenvalue weighted by molar-refractivity contribution is 6.05. The van der Waals surface area contributed by atoms with Gasteiger partial charge in [0.1, 0.15) is 0 Å². The summed E-state index contributed by atoms with van der Waals surface area (Å²) < 4.78 is 0. The summed E-state index contributed by atoms with van der Waals surface area (Å²) in [6, 6.07) is 19.8. The highest BCUT2D eigenvalue weighted by Crippen LogP contribution is 2.19. The maximum atomic E-state index is 12.3. The second-order valence-electron chi connectivity index (χ2n) is 7.30. The molecule has 5 nitrogen and oxygen atoms in total. The van der Waals surface area contributed by atoms with Crippen molar-refractivity contribution < 1.29 is 9.59 Å². The number of nitrogens with zero attached hydrogens (tertiary/aromatic N) is 1. The third-order valence-electron chi connectivity index (χ3n) is 4.52. The van der Waals surface area contributed by atoms with Crippen LogP contribution in [-0.4, -0.2) is 17.5 Å². The lowest BCUT2D eigenvalue weighted by atomic mass is 10.0. The molecule has 0 bridgehead atoms. The van der Waals surface area contributed by atoms with Crippen LogP contribution < -0.4 is 10.7 Å². The normalized spacial score (nSPS) is 11.3. The van der Waals surface area contributed by atoms with Gasteiger partial charge < -0.3 is 5.32 Å². The van der Waals surface area contributed by atoms with Crippen LogP contribution in [0, 0.1) is 13.8 Å². The van der Waals surface area contributed by atoms with Crippen LogP contribution in [0.25, 0.3) is 10.8 Å². The molecular formula is C24H25N3O2. The third-order valence-corrected chi connectivity index (χ3v) is 4.52. The number of carbonyl (C=O) groups is 2. The quantitative estimate of drug-likeness (QED) is 0.482. The number of anilines is 1. The van der Waals surface area contributed by atoms with Crippen molar-refractivity contribution in [1.29, 1.82) is 0 Å². The minimum Gasteiger partial charge on any atom is -0.326 e. The lowest BCUT2D eigenvalue weighted by molar-refractivity contribution is -0.120.